The van der Waals surface area contributed by atoms with Gasteiger partial charge in [-0.25, -0.2) is 0 Å². The molecule has 83 heavy (non-hydrogen) atoms. The number of benzene rings is 8. The lowest BCUT2D eigenvalue weighted by molar-refractivity contribution is 0.299. The van der Waals surface area contributed by atoms with Gasteiger partial charge in [0.2, 0.25) is 0 Å². The van der Waals surface area contributed by atoms with E-state index in [0.29, 0.717) is 10.8 Å². The van der Waals surface area contributed by atoms with Gasteiger partial charge in [-0.3, -0.25) is 9.97 Å². The highest BCUT2D eigenvalue weighted by Crippen LogP contribution is 2.71. The van der Waals surface area contributed by atoms with Gasteiger partial charge in [0.1, 0.15) is 0 Å². The van der Waals surface area contributed by atoms with Crippen molar-refractivity contribution in [3.8, 4) is 89.3 Å². The number of fused-ring (bicyclic) bond motifs is 6. The minimum Gasteiger partial charge on any atom is -0.256 e. The summed E-state index contributed by atoms with van der Waals surface area (Å²) in [5, 5.41) is 0. The molecule has 0 aliphatic heterocycles. The Labute approximate surface area is 492 Å². The molecule has 0 unspecified atom stereocenters. The summed E-state index contributed by atoms with van der Waals surface area (Å²) in [6.45, 7) is 9.23. The minimum atomic E-state index is -0.265. The van der Waals surface area contributed by atoms with Gasteiger partial charge < -0.3 is 0 Å². The van der Waals surface area contributed by atoms with Crippen LogP contribution in [0.5, 0.6) is 0 Å². The third kappa shape index (κ3) is 7.27. The standard InChI is InChI=1S/C81H74N2/c1-5-77(6-2,63-47-53(3)46-54(4)48-63)76-64(61-32-36-74(82-51-61)57-26-22-55(23-27-57)59-30-34-68-66-16-7-9-20-70(66)78-38-12-42-80(78,43-13-39-78)72(68)49-59)18-11-19-65(76)62-33-37-75(83-52-62)58-28-24-56(25-29-58)60-31-35-69-67-17-8-10-21-71(67)79-40-14-44-81(79,45-15-41-79)73(69)50-60/h7-11,16-37,46-52H,5-6,12-15,38-45H2,1-4H3. The van der Waals surface area contributed by atoms with Crippen molar-refractivity contribution < 1.29 is 0 Å². The van der Waals surface area contributed by atoms with E-state index in [0.717, 1.165) is 46.5 Å². The van der Waals surface area contributed by atoms with Crippen molar-refractivity contribution in [1.29, 1.82) is 0 Å². The van der Waals surface area contributed by atoms with Gasteiger partial charge in [-0.2, -0.15) is 0 Å². The molecule has 0 atom stereocenters. The van der Waals surface area contributed by atoms with Gasteiger partial charge in [-0.05, 0) is 191 Å². The maximum atomic E-state index is 5.27. The van der Waals surface area contributed by atoms with Crippen LogP contribution in [0.15, 0.2) is 207 Å². The van der Waals surface area contributed by atoms with Crippen LogP contribution in [0.25, 0.3) is 89.3 Å². The second kappa shape index (κ2) is 19.0. The predicted octanol–water partition coefficient (Wildman–Crippen LogP) is 21.2. The van der Waals surface area contributed by atoms with E-state index >= 15 is 0 Å². The topological polar surface area (TPSA) is 25.8 Å². The summed E-state index contributed by atoms with van der Waals surface area (Å²) in [4.78, 5) is 10.5. The van der Waals surface area contributed by atoms with Crippen molar-refractivity contribution in [3.63, 3.8) is 0 Å². The average Bonchev–Trinajstić information content (AvgIpc) is 2.10. The Bertz CT molecular complexity index is 3910. The van der Waals surface area contributed by atoms with Gasteiger partial charge in [-0.1, -0.05) is 221 Å². The lowest BCUT2D eigenvalue weighted by Gasteiger charge is -2.48. The Morgan fingerprint density at radius 3 is 1.07 bits per heavy atom. The van der Waals surface area contributed by atoms with Gasteiger partial charge in [0.25, 0.3) is 0 Å². The number of nitrogens with zero attached hydrogens (tertiary/aromatic N) is 2. The van der Waals surface area contributed by atoms with E-state index in [4.69, 9.17) is 9.97 Å². The number of hydrogen-bond acceptors (Lipinski definition) is 2. The van der Waals surface area contributed by atoms with E-state index < -0.39 is 0 Å². The van der Waals surface area contributed by atoms with E-state index in [1.165, 1.54) is 155 Å². The smallest absolute Gasteiger partial charge is 0.0702 e. The first-order valence-corrected chi connectivity index (χ1v) is 31.6. The van der Waals surface area contributed by atoms with Crippen LogP contribution >= 0.6 is 0 Å². The first kappa shape index (κ1) is 50.8. The molecule has 0 spiro atoms. The minimum absolute atomic E-state index is 0.261. The molecular formula is C81H74N2. The maximum absolute atomic E-state index is 5.27. The Balaban J connectivity index is 0.715. The Kier molecular flexibility index (Phi) is 11.6. The Hall–Kier alpha value is -7.94. The van der Waals surface area contributed by atoms with Gasteiger partial charge in [0.15, 0.2) is 0 Å². The van der Waals surface area contributed by atoms with Gasteiger partial charge in [0.05, 0.1) is 11.4 Å². The third-order valence-electron chi connectivity index (χ3n) is 22.9. The molecule has 4 saturated carbocycles. The first-order chi connectivity index (χ1) is 40.7. The summed E-state index contributed by atoms with van der Waals surface area (Å²) in [6, 6.07) is 75.0. The van der Waals surface area contributed by atoms with Crippen molar-refractivity contribution in [3.05, 3.63) is 251 Å². The molecule has 6 aliphatic carbocycles. The number of rotatable bonds is 10. The van der Waals surface area contributed by atoms with Gasteiger partial charge >= 0.3 is 0 Å². The van der Waals surface area contributed by atoms with E-state index in [1.807, 2.05) is 0 Å². The van der Waals surface area contributed by atoms with E-state index in [1.54, 1.807) is 22.3 Å². The Morgan fingerprint density at radius 1 is 0.325 bits per heavy atom. The molecule has 0 saturated heterocycles. The highest BCUT2D eigenvalue weighted by Gasteiger charge is 2.63. The number of hydrogen-bond donors (Lipinski definition) is 0. The molecule has 2 heterocycles. The van der Waals surface area contributed by atoms with E-state index in [9.17, 15) is 0 Å². The molecule has 0 amide bonds. The molecule has 0 N–H and O–H groups in total. The van der Waals surface area contributed by atoms with Crippen molar-refractivity contribution in [2.45, 2.75) is 145 Å². The van der Waals surface area contributed by atoms with Crippen LogP contribution < -0.4 is 0 Å². The number of aryl methyl sites for hydroxylation is 2. The second-order valence-corrected chi connectivity index (χ2v) is 26.3. The number of aromatic nitrogens is 2. The summed E-state index contributed by atoms with van der Waals surface area (Å²) in [7, 11) is 0. The van der Waals surface area contributed by atoms with Crippen LogP contribution in [-0.4, -0.2) is 9.97 Å². The zero-order valence-electron chi connectivity index (χ0n) is 48.9. The molecule has 0 radical (unpaired) electrons. The predicted molar refractivity (Wildman–Crippen MR) is 345 cm³/mol. The molecule has 408 valence electrons. The summed E-state index contributed by atoms with van der Waals surface area (Å²) in [5.74, 6) is 0. The Morgan fingerprint density at radius 2 is 0.675 bits per heavy atom. The van der Waals surface area contributed by atoms with Gasteiger partial charge in [-0.15, -0.1) is 0 Å². The highest BCUT2D eigenvalue weighted by molar-refractivity contribution is 5.86. The maximum Gasteiger partial charge on any atom is 0.0702 e. The normalized spacial score (nSPS) is 22.4. The fourth-order valence-corrected chi connectivity index (χ4v) is 19.3. The van der Waals surface area contributed by atoms with Crippen molar-refractivity contribution in [2.24, 2.45) is 0 Å². The van der Waals surface area contributed by atoms with Crippen LogP contribution in [-0.2, 0) is 27.1 Å². The van der Waals surface area contributed by atoms with Crippen LogP contribution in [0.3, 0.4) is 0 Å². The lowest BCUT2D eigenvalue weighted by Crippen LogP contribution is -2.43. The molecular weight excluding hydrogens is 1000 g/mol. The largest absolute Gasteiger partial charge is 0.256 e. The second-order valence-electron chi connectivity index (χ2n) is 26.3. The number of pyridine rings is 2. The molecule has 10 aromatic rings. The van der Waals surface area contributed by atoms with Crippen LogP contribution in [0, 0.1) is 13.8 Å². The zero-order chi connectivity index (χ0) is 55.7. The lowest BCUT2D eigenvalue weighted by atomic mass is 9.55. The quantitative estimate of drug-likeness (QED) is 0.136. The molecule has 0 bridgehead atoms. The van der Waals surface area contributed by atoms with E-state index in [-0.39, 0.29) is 16.2 Å². The summed E-state index contributed by atoms with van der Waals surface area (Å²) in [6.07, 6.45) is 21.9. The zero-order valence-corrected chi connectivity index (χ0v) is 48.9. The highest BCUT2D eigenvalue weighted by atomic mass is 14.7. The summed E-state index contributed by atoms with van der Waals surface area (Å²) >= 11 is 0. The van der Waals surface area contributed by atoms with Crippen molar-refractivity contribution >= 4 is 0 Å². The van der Waals surface area contributed by atoms with Crippen molar-refractivity contribution in [1.82, 2.24) is 9.97 Å². The fraction of sp³-hybridized carbons (Fsp3) is 0.284. The molecule has 2 nitrogen and oxygen atoms in total. The SMILES string of the molecule is CCC(CC)(c1cc(C)cc(C)c1)c1c(-c2ccc(-c3ccc(-c4ccc5c(c4)C46CCCC4(CCC6)c4ccccc4-5)cc3)nc2)cccc1-c1ccc(-c2ccc(-c3ccc4c(c3)C35CCCC3(CCC5)c3ccccc3-4)cc2)nc1. The first-order valence-electron chi connectivity index (χ1n) is 31.6. The molecule has 2 aromatic heterocycles. The molecule has 2 heteroatoms. The van der Waals surface area contributed by atoms with E-state index in [2.05, 4.69) is 234 Å². The molecule has 16 rings (SSSR count). The molecule has 8 aromatic carbocycles. The molecule has 6 aliphatic rings. The molecule has 4 fully saturated rings. The monoisotopic (exact) mass is 1070 g/mol. The van der Waals surface area contributed by atoms with Gasteiger partial charge in [0, 0.05) is 61.7 Å². The van der Waals surface area contributed by atoms with Crippen LogP contribution in [0.2, 0.25) is 0 Å². The summed E-state index contributed by atoms with van der Waals surface area (Å²) < 4.78 is 0. The van der Waals surface area contributed by atoms with Crippen LogP contribution in [0.4, 0.5) is 0 Å². The third-order valence-corrected chi connectivity index (χ3v) is 22.9. The van der Waals surface area contributed by atoms with Crippen LogP contribution in [0.1, 0.15) is 148 Å². The fourth-order valence-electron chi connectivity index (χ4n) is 19.3. The summed E-state index contributed by atoms with van der Waals surface area (Å²) in [5.41, 5.74) is 32.6. The average molecular weight is 1080 g/mol. The van der Waals surface area contributed by atoms with Crippen molar-refractivity contribution in [2.75, 3.05) is 0 Å².